The van der Waals surface area contributed by atoms with Crippen molar-refractivity contribution in [2.45, 2.75) is 6.92 Å². The lowest BCUT2D eigenvalue weighted by Gasteiger charge is -2.05. The SMILES string of the molecule is CCOC(=O)c1ccc(NC(=O)c2csc(NC(=O)c3ccc(Cl)cc3)n2)cc1. The molecule has 0 atom stereocenters. The Balaban J connectivity index is 1.61. The highest BCUT2D eigenvalue weighted by atomic mass is 35.5. The molecule has 9 heteroatoms. The molecule has 0 fully saturated rings. The number of aromatic nitrogens is 1. The number of esters is 1. The van der Waals surface area contributed by atoms with Gasteiger partial charge in [-0.2, -0.15) is 0 Å². The van der Waals surface area contributed by atoms with E-state index in [2.05, 4.69) is 15.6 Å². The Bertz CT molecular complexity index is 1030. The highest BCUT2D eigenvalue weighted by Crippen LogP contribution is 2.19. The van der Waals surface area contributed by atoms with Gasteiger partial charge in [0.2, 0.25) is 0 Å². The molecule has 0 saturated heterocycles. The third kappa shape index (κ3) is 5.40. The van der Waals surface area contributed by atoms with Crippen molar-refractivity contribution >= 4 is 51.5 Å². The fourth-order valence-electron chi connectivity index (χ4n) is 2.31. The van der Waals surface area contributed by atoms with E-state index in [-0.39, 0.29) is 18.2 Å². The maximum Gasteiger partial charge on any atom is 0.338 e. The molecule has 3 aromatic rings. The number of hydrogen-bond acceptors (Lipinski definition) is 6. The first kappa shape index (κ1) is 20.5. The molecule has 0 saturated carbocycles. The Morgan fingerprint density at radius 1 is 0.966 bits per heavy atom. The number of rotatable bonds is 6. The lowest BCUT2D eigenvalue weighted by molar-refractivity contribution is 0.0526. The molecule has 1 heterocycles. The molecule has 0 aliphatic rings. The van der Waals surface area contributed by atoms with Gasteiger partial charge < -0.3 is 10.1 Å². The molecule has 3 rings (SSSR count). The lowest BCUT2D eigenvalue weighted by atomic mass is 10.2. The van der Waals surface area contributed by atoms with Crippen LogP contribution in [-0.4, -0.2) is 29.4 Å². The Morgan fingerprint density at radius 3 is 2.28 bits per heavy atom. The molecule has 0 radical (unpaired) electrons. The minimum absolute atomic E-state index is 0.163. The van der Waals surface area contributed by atoms with E-state index in [4.69, 9.17) is 16.3 Å². The van der Waals surface area contributed by atoms with Crippen LogP contribution in [0.5, 0.6) is 0 Å². The number of hydrogen-bond donors (Lipinski definition) is 2. The Labute approximate surface area is 175 Å². The van der Waals surface area contributed by atoms with Crippen molar-refractivity contribution in [1.82, 2.24) is 4.98 Å². The Hall–Kier alpha value is -3.23. The second-order valence-corrected chi connectivity index (χ2v) is 7.05. The molecular formula is C20H16ClN3O4S. The van der Waals surface area contributed by atoms with E-state index in [0.29, 0.717) is 27.0 Å². The number of carbonyl (C=O) groups is 3. The monoisotopic (exact) mass is 429 g/mol. The minimum Gasteiger partial charge on any atom is -0.462 e. The van der Waals surface area contributed by atoms with Crippen LogP contribution in [0.2, 0.25) is 5.02 Å². The molecular weight excluding hydrogens is 414 g/mol. The summed E-state index contributed by atoms with van der Waals surface area (Å²) < 4.78 is 4.91. The maximum absolute atomic E-state index is 12.4. The molecule has 0 unspecified atom stereocenters. The number of nitrogens with zero attached hydrogens (tertiary/aromatic N) is 1. The van der Waals surface area contributed by atoms with Gasteiger partial charge in [-0.15, -0.1) is 11.3 Å². The van der Waals surface area contributed by atoms with Crippen LogP contribution in [0.25, 0.3) is 0 Å². The molecule has 7 nitrogen and oxygen atoms in total. The number of amides is 2. The smallest absolute Gasteiger partial charge is 0.338 e. The summed E-state index contributed by atoms with van der Waals surface area (Å²) in [6.07, 6.45) is 0. The van der Waals surface area contributed by atoms with Gasteiger partial charge in [-0.25, -0.2) is 9.78 Å². The third-order valence-corrected chi connectivity index (χ3v) is 4.73. The summed E-state index contributed by atoms with van der Waals surface area (Å²) in [5.41, 5.74) is 1.49. The van der Waals surface area contributed by atoms with E-state index in [9.17, 15) is 14.4 Å². The highest BCUT2D eigenvalue weighted by molar-refractivity contribution is 7.14. The van der Waals surface area contributed by atoms with Gasteiger partial charge in [0, 0.05) is 21.7 Å². The van der Waals surface area contributed by atoms with Crippen LogP contribution in [0.4, 0.5) is 10.8 Å². The average molecular weight is 430 g/mol. The first-order valence-corrected chi connectivity index (χ1v) is 9.83. The molecule has 0 aliphatic heterocycles. The summed E-state index contributed by atoms with van der Waals surface area (Å²) in [5.74, 6) is -1.21. The van der Waals surface area contributed by atoms with Crippen molar-refractivity contribution < 1.29 is 19.1 Å². The van der Waals surface area contributed by atoms with Gasteiger partial charge in [-0.3, -0.25) is 14.9 Å². The molecule has 29 heavy (non-hydrogen) atoms. The van der Waals surface area contributed by atoms with Gasteiger partial charge in [0.1, 0.15) is 5.69 Å². The molecule has 0 aliphatic carbocycles. The van der Waals surface area contributed by atoms with Gasteiger partial charge in [0.15, 0.2) is 5.13 Å². The summed E-state index contributed by atoms with van der Waals surface area (Å²) in [4.78, 5) is 40.3. The lowest BCUT2D eigenvalue weighted by Crippen LogP contribution is -2.14. The molecule has 1 aromatic heterocycles. The fourth-order valence-corrected chi connectivity index (χ4v) is 3.12. The molecule has 2 N–H and O–H groups in total. The molecule has 2 aromatic carbocycles. The largest absolute Gasteiger partial charge is 0.462 e. The summed E-state index contributed by atoms with van der Waals surface area (Å²) >= 11 is 6.95. The standard InChI is InChI=1S/C20H16ClN3O4S/c1-2-28-19(27)13-5-9-15(10-6-13)22-18(26)16-11-29-20(23-16)24-17(25)12-3-7-14(21)8-4-12/h3-11H,2H2,1H3,(H,22,26)(H,23,24,25). The van der Waals surface area contributed by atoms with Crippen LogP contribution in [-0.2, 0) is 4.74 Å². The van der Waals surface area contributed by atoms with E-state index in [1.807, 2.05) is 0 Å². The van der Waals surface area contributed by atoms with Crippen molar-refractivity contribution in [1.29, 1.82) is 0 Å². The van der Waals surface area contributed by atoms with Crippen molar-refractivity contribution in [3.8, 4) is 0 Å². The number of nitrogens with one attached hydrogen (secondary N) is 2. The summed E-state index contributed by atoms with van der Waals surface area (Å²) in [7, 11) is 0. The van der Waals surface area contributed by atoms with Crippen molar-refractivity contribution in [3.05, 3.63) is 75.8 Å². The van der Waals surface area contributed by atoms with E-state index in [1.54, 1.807) is 60.8 Å². The third-order valence-electron chi connectivity index (χ3n) is 3.72. The van der Waals surface area contributed by atoms with Crippen LogP contribution < -0.4 is 10.6 Å². The Kier molecular flexibility index (Phi) is 6.58. The predicted molar refractivity (Wildman–Crippen MR) is 112 cm³/mol. The normalized spacial score (nSPS) is 10.3. The summed E-state index contributed by atoms with van der Waals surface area (Å²) in [6, 6.07) is 12.7. The van der Waals surface area contributed by atoms with E-state index in [0.717, 1.165) is 11.3 Å². The quantitative estimate of drug-likeness (QED) is 0.563. The second-order valence-electron chi connectivity index (χ2n) is 5.75. The van der Waals surface area contributed by atoms with Gasteiger partial charge in [0.05, 0.1) is 12.2 Å². The van der Waals surface area contributed by atoms with Crippen LogP contribution in [0.1, 0.15) is 38.1 Å². The number of benzene rings is 2. The average Bonchev–Trinajstić information content (AvgIpc) is 3.18. The Morgan fingerprint density at radius 2 is 1.62 bits per heavy atom. The first-order chi connectivity index (χ1) is 14.0. The van der Waals surface area contributed by atoms with Gasteiger partial charge in [-0.1, -0.05) is 11.6 Å². The topological polar surface area (TPSA) is 97.4 Å². The zero-order chi connectivity index (χ0) is 20.8. The van der Waals surface area contributed by atoms with Crippen molar-refractivity contribution in [3.63, 3.8) is 0 Å². The van der Waals surface area contributed by atoms with E-state index in [1.165, 1.54) is 0 Å². The minimum atomic E-state index is -0.433. The van der Waals surface area contributed by atoms with Gasteiger partial charge >= 0.3 is 5.97 Å². The number of carbonyl (C=O) groups excluding carboxylic acids is 3. The number of ether oxygens (including phenoxy) is 1. The zero-order valence-electron chi connectivity index (χ0n) is 15.3. The zero-order valence-corrected chi connectivity index (χ0v) is 16.8. The molecule has 2 amide bonds. The molecule has 148 valence electrons. The van der Waals surface area contributed by atoms with Crippen molar-refractivity contribution in [2.75, 3.05) is 17.2 Å². The predicted octanol–water partition coefficient (Wildman–Crippen LogP) is 4.48. The fraction of sp³-hybridized carbons (Fsp3) is 0.100. The van der Waals surface area contributed by atoms with E-state index >= 15 is 0 Å². The van der Waals surface area contributed by atoms with Gasteiger partial charge in [0.25, 0.3) is 11.8 Å². The van der Waals surface area contributed by atoms with E-state index < -0.39 is 11.9 Å². The number of anilines is 2. The highest BCUT2D eigenvalue weighted by Gasteiger charge is 2.14. The number of thiazole rings is 1. The van der Waals surface area contributed by atoms with Gasteiger partial charge in [-0.05, 0) is 55.5 Å². The van der Waals surface area contributed by atoms with Crippen LogP contribution in [0.15, 0.2) is 53.9 Å². The van der Waals surface area contributed by atoms with Crippen LogP contribution in [0, 0.1) is 0 Å². The molecule has 0 bridgehead atoms. The summed E-state index contributed by atoms with van der Waals surface area (Å²) in [5, 5.41) is 7.70. The van der Waals surface area contributed by atoms with Crippen LogP contribution in [0.3, 0.4) is 0 Å². The second kappa shape index (κ2) is 9.31. The van der Waals surface area contributed by atoms with Crippen LogP contribution >= 0.6 is 22.9 Å². The van der Waals surface area contributed by atoms with Crippen molar-refractivity contribution in [2.24, 2.45) is 0 Å². The summed E-state index contributed by atoms with van der Waals surface area (Å²) in [6.45, 7) is 2.02. The number of halogens is 1. The molecule has 0 spiro atoms. The first-order valence-electron chi connectivity index (χ1n) is 8.57. The maximum atomic E-state index is 12.4.